The maximum atomic E-state index is 11.6. The van der Waals surface area contributed by atoms with Crippen LogP contribution in [-0.4, -0.2) is 11.9 Å². The third-order valence-corrected chi connectivity index (χ3v) is 4.32. The molecule has 0 saturated heterocycles. The van der Waals surface area contributed by atoms with Crippen LogP contribution in [0.1, 0.15) is 15.9 Å². The van der Waals surface area contributed by atoms with Crippen molar-refractivity contribution in [3.05, 3.63) is 40.4 Å². The van der Waals surface area contributed by atoms with Gasteiger partial charge < -0.3 is 11.5 Å². The molecule has 2 aromatic rings. The van der Waals surface area contributed by atoms with Crippen molar-refractivity contribution in [1.82, 2.24) is 0 Å². The molecule has 1 aromatic carbocycles. The fourth-order valence-corrected chi connectivity index (χ4v) is 3.45. The van der Waals surface area contributed by atoms with Crippen molar-refractivity contribution in [2.75, 3.05) is 5.32 Å². The van der Waals surface area contributed by atoms with Crippen LogP contribution in [0.5, 0.6) is 0 Å². The van der Waals surface area contributed by atoms with Crippen molar-refractivity contribution in [3.8, 4) is 10.4 Å². The molecule has 0 radical (unpaired) electrons. The van der Waals surface area contributed by atoms with Gasteiger partial charge in [-0.1, -0.05) is 29.8 Å². The first-order valence-corrected chi connectivity index (χ1v) is 6.85. The number of anilines is 1. The Morgan fingerprint density at radius 2 is 1.90 bits per heavy atom. The number of thiophene rings is 1. The molecule has 0 saturated carbocycles. The van der Waals surface area contributed by atoms with Gasteiger partial charge in [0.25, 0.3) is 5.91 Å². The monoisotopic (exact) mass is 309 g/mol. The largest absolute Gasteiger partial charge is 0.365 e. The first-order valence-electron chi connectivity index (χ1n) is 5.66. The Labute approximate surface area is 124 Å². The molecular weight excluding hydrogens is 298 g/mol. The van der Waals surface area contributed by atoms with E-state index in [9.17, 15) is 9.59 Å². The third kappa shape index (κ3) is 2.61. The van der Waals surface area contributed by atoms with Crippen LogP contribution in [0.4, 0.5) is 9.80 Å². The average Bonchev–Trinajstić information content (AvgIpc) is 2.66. The standard InChI is InChI=1S/C13H12ClN3O2S/c1-6-9(11(15)18)12(17-13(16)19)20-10(6)7-4-2-3-5-8(7)14/h2-5H,1H3,(H2,15,18)(H3,16,17,19). The van der Waals surface area contributed by atoms with Crippen LogP contribution in [0.3, 0.4) is 0 Å². The number of carbonyl (C=O) groups excluding carboxylic acids is 2. The maximum absolute atomic E-state index is 11.6. The van der Waals surface area contributed by atoms with Gasteiger partial charge in [-0.2, -0.15) is 0 Å². The smallest absolute Gasteiger partial charge is 0.317 e. The third-order valence-electron chi connectivity index (χ3n) is 2.75. The molecule has 20 heavy (non-hydrogen) atoms. The molecule has 2 rings (SSSR count). The molecule has 0 aliphatic heterocycles. The Bertz CT molecular complexity index is 697. The number of urea groups is 1. The lowest BCUT2D eigenvalue weighted by molar-refractivity contribution is 0.100. The topological polar surface area (TPSA) is 98.2 Å². The second kappa shape index (κ2) is 5.52. The normalized spacial score (nSPS) is 10.3. The summed E-state index contributed by atoms with van der Waals surface area (Å²) in [5.41, 5.74) is 12.2. The zero-order chi connectivity index (χ0) is 14.9. The average molecular weight is 310 g/mol. The van der Waals surface area contributed by atoms with E-state index in [1.54, 1.807) is 13.0 Å². The van der Waals surface area contributed by atoms with E-state index in [2.05, 4.69) is 5.32 Å². The Morgan fingerprint density at radius 1 is 1.25 bits per heavy atom. The summed E-state index contributed by atoms with van der Waals surface area (Å²) in [6.45, 7) is 1.75. The number of amides is 3. The molecular formula is C13H12ClN3O2S. The summed E-state index contributed by atoms with van der Waals surface area (Å²) < 4.78 is 0. The van der Waals surface area contributed by atoms with Crippen LogP contribution >= 0.6 is 22.9 Å². The number of benzene rings is 1. The highest BCUT2D eigenvalue weighted by Gasteiger charge is 2.21. The van der Waals surface area contributed by atoms with Crippen molar-refractivity contribution in [2.45, 2.75) is 6.92 Å². The second-order valence-electron chi connectivity index (χ2n) is 4.09. The zero-order valence-corrected chi connectivity index (χ0v) is 12.1. The van der Waals surface area contributed by atoms with Crippen LogP contribution in [0, 0.1) is 6.92 Å². The quantitative estimate of drug-likeness (QED) is 0.812. The molecule has 104 valence electrons. The molecule has 7 heteroatoms. The number of halogens is 1. The molecule has 0 aliphatic rings. The van der Waals surface area contributed by atoms with Crippen LogP contribution in [-0.2, 0) is 0 Å². The van der Waals surface area contributed by atoms with Crippen molar-refractivity contribution in [1.29, 1.82) is 0 Å². The first kappa shape index (κ1) is 14.4. The van der Waals surface area contributed by atoms with Crippen LogP contribution in [0.2, 0.25) is 5.02 Å². The van der Waals surface area contributed by atoms with Crippen LogP contribution in [0.15, 0.2) is 24.3 Å². The van der Waals surface area contributed by atoms with Gasteiger partial charge >= 0.3 is 6.03 Å². The van der Waals surface area contributed by atoms with Gasteiger partial charge in [-0.3, -0.25) is 10.1 Å². The summed E-state index contributed by atoms with van der Waals surface area (Å²) in [4.78, 5) is 23.3. The predicted molar refractivity (Wildman–Crippen MR) is 81.2 cm³/mol. The highest BCUT2D eigenvalue weighted by molar-refractivity contribution is 7.20. The molecule has 0 spiro atoms. The van der Waals surface area contributed by atoms with Crippen molar-refractivity contribution in [2.24, 2.45) is 11.5 Å². The molecule has 0 atom stereocenters. The van der Waals surface area contributed by atoms with Crippen molar-refractivity contribution in [3.63, 3.8) is 0 Å². The molecule has 3 amide bonds. The van der Waals surface area contributed by atoms with Gasteiger partial charge in [0.05, 0.1) is 5.56 Å². The van der Waals surface area contributed by atoms with Gasteiger partial charge in [-0.15, -0.1) is 11.3 Å². The fraction of sp³-hybridized carbons (Fsp3) is 0.0769. The summed E-state index contributed by atoms with van der Waals surface area (Å²) >= 11 is 7.37. The van der Waals surface area contributed by atoms with Gasteiger partial charge in [0.2, 0.25) is 0 Å². The highest BCUT2D eigenvalue weighted by atomic mass is 35.5. The van der Waals surface area contributed by atoms with Crippen LogP contribution in [0.25, 0.3) is 10.4 Å². The number of primary amides is 2. The number of carbonyl (C=O) groups is 2. The van der Waals surface area contributed by atoms with Crippen LogP contribution < -0.4 is 16.8 Å². The Kier molecular flexibility index (Phi) is 3.96. The lowest BCUT2D eigenvalue weighted by atomic mass is 10.1. The van der Waals surface area contributed by atoms with Gasteiger partial charge in [0, 0.05) is 15.5 Å². The maximum Gasteiger partial charge on any atom is 0.317 e. The number of hydrogen-bond donors (Lipinski definition) is 3. The summed E-state index contributed by atoms with van der Waals surface area (Å²) in [5, 5.41) is 3.30. The van der Waals surface area contributed by atoms with Gasteiger partial charge in [0.15, 0.2) is 0 Å². The lowest BCUT2D eigenvalue weighted by Gasteiger charge is -2.02. The van der Waals surface area contributed by atoms with Crippen molar-refractivity contribution >= 4 is 39.9 Å². The van der Waals surface area contributed by atoms with Gasteiger partial charge in [-0.25, -0.2) is 4.79 Å². The number of nitrogens with one attached hydrogen (secondary N) is 1. The summed E-state index contributed by atoms with van der Waals surface area (Å²) in [5.74, 6) is -0.624. The minimum atomic E-state index is -0.751. The summed E-state index contributed by atoms with van der Waals surface area (Å²) in [7, 11) is 0. The number of rotatable bonds is 3. The summed E-state index contributed by atoms with van der Waals surface area (Å²) in [6, 6.07) is 6.48. The van der Waals surface area contributed by atoms with Gasteiger partial charge in [0.1, 0.15) is 5.00 Å². The Hall–Kier alpha value is -2.05. The molecule has 0 aliphatic carbocycles. The molecule has 0 unspecified atom stereocenters. The minimum Gasteiger partial charge on any atom is -0.365 e. The van der Waals surface area contributed by atoms with E-state index >= 15 is 0 Å². The highest BCUT2D eigenvalue weighted by Crippen LogP contribution is 2.42. The molecule has 1 heterocycles. The molecule has 5 N–H and O–H groups in total. The van der Waals surface area contributed by atoms with E-state index in [-0.39, 0.29) is 5.56 Å². The first-order chi connectivity index (χ1) is 9.41. The lowest BCUT2D eigenvalue weighted by Crippen LogP contribution is -2.21. The Morgan fingerprint density at radius 3 is 2.45 bits per heavy atom. The zero-order valence-electron chi connectivity index (χ0n) is 10.6. The predicted octanol–water partition coefficient (Wildman–Crippen LogP) is 2.97. The Balaban J connectivity index is 2.64. The molecule has 0 bridgehead atoms. The van der Waals surface area contributed by atoms with Crippen molar-refractivity contribution < 1.29 is 9.59 Å². The van der Waals surface area contributed by atoms with E-state index in [1.807, 2.05) is 18.2 Å². The van der Waals surface area contributed by atoms with E-state index in [4.69, 9.17) is 23.1 Å². The van der Waals surface area contributed by atoms with E-state index in [0.717, 1.165) is 10.4 Å². The SMILES string of the molecule is Cc1c(-c2ccccc2Cl)sc(NC(N)=O)c1C(N)=O. The van der Waals surface area contributed by atoms with E-state index < -0.39 is 11.9 Å². The molecule has 1 aromatic heterocycles. The summed E-state index contributed by atoms with van der Waals surface area (Å²) in [6.07, 6.45) is 0. The number of nitrogens with two attached hydrogens (primary N) is 2. The number of hydrogen-bond acceptors (Lipinski definition) is 3. The molecule has 5 nitrogen and oxygen atoms in total. The fourth-order valence-electron chi connectivity index (χ4n) is 1.91. The molecule has 0 fully saturated rings. The van der Waals surface area contributed by atoms with E-state index in [0.29, 0.717) is 15.6 Å². The minimum absolute atomic E-state index is 0.253. The van der Waals surface area contributed by atoms with Gasteiger partial charge in [-0.05, 0) is 18.6 Å². The van der Waals surface area contributed by atoms with E-state index in [1.165, 1.54) is 11.3 Å². The second-order valence-corrected chi connectivity index (χ2v) is 5.52.